The van der Waals surface area contributed by atoms with Gasteiger partial charge < -0.3 is 15.0 Å². The molecule has 0 aliphatic carbocycles. The third-order valence-electron chi connectivity index (χ3n) is 5.79. The zero-order valence-electron chi connectivity index (χ0n) is 19.2. The van der Waals surface area contributed by atoms with E-state index in [2.05, 4.69) is 51.5 Å². The largest absolute Gasteiger partial charge is 0.479 e. The van der Waals surface area contributed by atoms with E-state index in [-0.39, 0.29) is 11.8 Å². The summed E-state index contributed by atoms with van der Waals surface area (Å²) in [7, 11) is 0. The maximum absolute atomic E-state index is 12.7. The first-order chi connectivity index (χ1) is 15.6. The molecule has 1 amide bonds. The predicted octanol–water partition coefficient (Wildman–Crippen LogP) is 3.29. The van der Waals surface area contributed by atoms with E-state index in [0.717, 1.165) is 45.7 Å². The summed E-state index contributed by atoms with van der Waals surface area (Å²) in [4.78, 5) is 17.7. The van der Waals surface area contributed by atoms with E-state index < -0.39 is 6.10 Å². The summed E-state index contributed by atoms with van der Waals surface area (Å²) in [5.41, 5.74) is 1.81. The lowest BCUT2D eigenvalue weighted by molar-refractivity contribution is -0.129. The summed E-state index contributed by atoms with van der Waals surface area (Å²) >= 11 is 0. The average Bonchev–Trinajstić information content (AvgIpc) is 2.82. The van der Waals surface area contributed by atoms with E-state index in [1.165, 1.54) is 5.56 Å². The highest BCUT2D eigenvalue weighted by Crippen LogP contribution is 2.20. The maximum atomic E-state index is 12.7. The van der Waals surface area contributed by atoms with Crippen LogP contribution in [0, 0.1) is 17.2 Å². The van der Waals surface area contributed by atoms with Gasteiger partial charge in [-0.1, -0.05) is 56.3 Å². The standard InChI is InChI=1S/C26H34N4O2/c1-21(2)25(32-24-12-7-6-11-23(24)19-27)26(31)28-13-8-14-29-15-17-30(18-16-29)20-22-9-4-3-5-10-22/h3-7,9-12,21,25H,8,13-18,20H2,1-2H3,(H,28,31). The summed E-state index contributed by atoms with van der Waals surface area (Å²) in [5, 5.41) is 12.3. The fourth-order valence-electron chi connectivity index (χ4n) is 3.92. The molecule has 1 atom stereocenters. The Morgan fingerprint density at radius 3 is 2.38 bits per heavy atom. The molecule has 1 heterocycles. The molecule has 0 aromatic heterocycles. The number of carbonyl (C=O) groups is 1. The Bertz CT molecular complexity index is 886. The van der Waals surface area contributed by atoms with Gasteiger partial charge in [0.1, 0.15) is 11.8 Å². The Morgan fingerprint density at radius 2 is 1.69 bits per heavy atom. The molecule has 0 radical (unpaired) electrons. The van der Waals surface area contributed by atoms with Gasteiger partial charge in [0.15, 0.2) is 6.10 Å². The molecule has 2 aromatic carbocycles. The normalized spacial score (nSPS) is 15.8. The molecule has 1 N–H and O–H groups in total. The van der Waals surface area contributed by atoms with Gasteiger partial charge in [-0.05, 0) is 36.6 Å². The highest BCUT2D eigenvalue weighted by atomic mass is 16.5. The van der Waals surface area contributed by atoms with E-state index in [4.69, 9.17) is 4.74 Å². The highest BCUT2D eigenvalue weighted by molar-refractivity contribution is 5.81. The number of hydrogen-bond donors (Lipinski definition) is 1. The van der Waals surface area contributed by atoms with Crippen LogP contribution in [0.4, 0.5) is 0 Å². The number of piperazine rings is 1. The molecule has 1 fully saturated rings. The van der Waals surface area contributed by atoms with Gasteiger partial charge >= 0.3 is 0 Å². The summed E-state index contributed by atoms with van der Waals surface area (Å²) in [6, 6.07) is 19.8. The van der Waals surface area contributed by atoms with Crippen LogP contribution in [0.25, 0.3) is 0 Å². The van der Waals surface area contributed by atoms with Crippen molar-refractivity contribution in [2.75, 3.05) is 39.3 Å². The van der Waals surface area contributed by atoms with Gasteiger partial charge in [-0.25, -0.2) is 0 Å². The number of amides is 1. The molecule has 3 rings (SSSR count). The van der Waals surface area contributed by atoms with Gasteiger partial charge in [0.25, 0.3) is 5.91 Å². The molecule has 1 unspecified atom stereocenters. The van der Waals surface area contributed by atoms with Crippen molar-refractivity contribution in [3.63, 3.8) is 0 Å². The van der Waals surface area contributed by atoms with Crippen LogP contribution >= 0.6 is 0 Å². The fraction of sp³-hybridized carbons (Fsp3) is 0.462. The quantitative estimate of drug-likeness (QED) is 0.581. The SMILES string of the molecule is CC(C)C(Oc1ccccc1C#N)C(=O)NCCCN1CCN(Cc2ccccc2)CC1. The second kappa shape index (κ2) is 12.2. The monoisotopic (exact) mass is 434 g/mol. The Labute approximate surface area is 191 Å². The molecule has 1 aliphatic heterocycles. The third kappa shape index (κ3) is 7.08. The minimum absolute atomic E-state index is 0.000518. The Morgan fingerprint density at radius 1 is 1.03 bits per heavy atom. The van der Waals surface area contributed by atoms with Gasteiger partial charge in [0.2, 0.25) is 0 Å². The Hall–Kier alpha value is -2.88. The molecule has 0 spiro atoms. The first-order valence-electron chi connectivity index (χ1n) is 11.5. The lowest BCUT2D eigenvalue weighted by Gasteiger charge is -2.34. The van der Waals surface area contributed by atoms with Crippen LogP contribution in [0.3, 0.4) is 0 Å². The number of nitrogens with zero attached hydrogens (tertiary/aromatic N) is 3. The van der Waals surface area contributed by atoms with E-state index in [9.17, 15) is 10.1 Å². The number of rotatable bonds is 10. The van der Waals surface area contributed by atoms with Crippen molar-refractivity contribution in [3.8, 4) is 11.8 Å². The number of carbonyl (C=O) groups excluding carboxylic acids is 1. The van der Waals surface area contributed by atoms with Gasteiger partial charge in [-0.15, -0.1) is 0 Å². The highest BCUT2D eigenvalue weighted by Gasteiger charge is 2.25. The minimum Gasteiger partial charge on any atom is -0.479 e. The molecule has 6 heteroatoms. The van der Waals surface area contributed by atoms with Gasteiger partial charge in [-0.2, -0.15) is 5.26 Å². The lowest BCUT2D eigenvalue weighted by Crippen LogP contribution is -2.47. The average molecular weight is 435 g/mol. The lowest BCUT2D eigenvalue weighted by atomic mass is 10.1. The van der Waals surface area contributed by atoms with Crippen LogP contribution in [0.5, 0.6) is 5.75 Å². The third-order valence-corrected chi connectivity index (χ3v) is 5.79. The minimum atomic E-state index is -0.619. The smallest absolute Gasteiger partial charge is 0.261 e. The maximum Gasteiger partial charge on any atom is 0.261 e. The summed E-state index contributed by atoms with van der Waals surface area (Å²) in [6.45, 7) is 10.8. The van der Waals surface area contributed by atoms with Crippen molar-refractivity contribution in [1.29, 1.82) is 5.26 Å². The molecular formula is C26H34N4O2. The molecule has 170 valence electrons. The summed E-state index contributed by atoms with van der Waals surface area (Å²) in [6.07, 6.45) is 0.287. The Balaban J connectivity index is 1.37. The van der Waals surface area contributed by atoms with E-state index in [1.54, 1.807) is 18.2 Å². The van der Waals surface area contributed by atoms with Crippen molar-refractivity contribution in [3.05, 3.63) is 65.7 Å². The van der Waals surface area contributed by atoms with Crippen LogP contribution in [0.1, 0.15) is 31.4 Å². The zero-order chi connectivity index (χ0) is 22.8. The second-order valence-electron chi connectivity index (χ2n) is 8.64. The van der Waals surface area contributed by atoms with Crippen molar-refractivity contribution in [1.82, 2.24) is 15.1 Å². The van der Waals surface area contributed by atoms with Gasteiger partial charge in [-0.3, -0.25) is 9.69 Å². The molecule has 0 bridgehead atoms. The molecule has 1 aliphatic rings. The number of benzene rings is 2. The van der Waals surface area contributed by atoms with Crippen molar-refractivity contribution < 1.29 is 9.53 Å². The first kappa shape index (κ1) is 23.8. The number of para-hydroxylation sites is 1. The molecule has 1 saturated heterocycles. The van der Waals surface area contributed by atoms with E-state index in [1.807, 2.05) is 19.9 Å². The number of nitriles is 1. The number of ether oxygens (including phenoxy) is 1. The molecule has 2 aromatic rings. The number of nitrogens with one attached hydrogen (secondary N) is 1. The van der Waals surface area contributed by atoms with Crippen LogP contribution in [-0.2, 0) is 11.3 Å². The molecule has 0 saturated carbocycles. The Kier molecular flexibility index (Phi) is 9.09. The molecular weight excluding hydrogens is 400 g/mol. The van der Waals surface area contributed by atoms with Crippen molar-refractivity contribution >= 4 is 5.91 Å². The van der Waals surface area contributed by atoms with Crippen LogP contribution in [-0.4, -0.2) is 61.1 Å². The zero-order valence-corrected chi connectivity index (χ0v) is 19.2. The van der Waals surface area contributed by atoms with Gasteiger partial charge in [0, 0.05) is 39.3 Å². The van der Waals surface area contributed by atoms with Crippen molar-refractivity contribution in [2.24, 2.45) is 5.92 Å². The molecule has 6 nitrogen and oxygen atoms in total. The van der Waals surface area contributed by atoms with E-state index in [0.29, 0.717) is 17.9 Å². The fourth-order valence-corrected chi connectivity index (χ4v) is 3.92. The number of hydrogen-bond acceptors (Lipinski definition) is 5. The van der Waals surface area contributed by atoms with Crippen LogP contribution < -0.4 is 10.1 Å². The summed E-state index contributed by atoms with van der Waals surface area (Å²) in [5.74, 6) is 0.331. The van der Waals surface area contributed by atoms with Crippen LogP contribution in [0.2, 0.25) is 0 Å². The summed E-state index contributed by atoms with van der Waals surface area (Å²) < 4.78 is 5.92. The topological polar surface area (TPSA) is 68.6 Å². The predicted molar refractivity (Wildman–Crippen MR) is 126 cm³/mol. The second-order valence-corrected chi connectivity index (χ2v) is 8.64. The van der Waals surface area contributed by atoms with Gasteiger partial charge in [0.05, 0.1) is 5.56 Å². The van der Waals surface area contributed by atoms with Crippen molar-refractivity contribution in [2.45, 2.75) is 32.9 Å². The first-order valence-corrected chi connectivity index (χ1v) is 11.5. The van der Waals surface area contributed by atoms with Crippen LogP contribution in [0.15, 0.2) is 54.6 Å². The molecule has 32 heavy (non-hydrogen) atoms. The van der Waals surface area contributed by atoms with E-state index >= 15 is 0 Å².